The summed E-state index contributed by atoms with van der Waals surface area (Å²) in [6, 6.07) is 5.07. The van der Waals surface area contributed by atoms with Gasteiger partial charge in [0, 0.05) is 5.02 Å². The SMILES string of the molecule is COc1ccc(Cl)cc1NC(=O)C(C)N1CCCCCC1. The lowest BCUT2D eigenvalue weighted by atomic mass is 10.2. The van der Waals surface area contributed by atoms with E-state index in [1.165, 1.54) is 12.8 Å². The maximum Gasteiger partial charge on any atom is 0.241 e. The highest BCUT2D eigenvalue weighted by atomic mass is 35.5. The third-order valence-corrected chi connectivity index (χ3v) is 4.22. The van der Waals surface area contributed by atoms with Gasteiger partial charge in [-0.05, 0) is 51.1 Å². The van der Waals surface area contributed by atoms with E-state index in [1.807, 2.05) is 6.92 Å². The van der Waals surface area contributed by atoms with Gasteiger partial charge < -0.3 is 10.1 Å². The van der Waals surface area contributed by atoms with Gasteiger partial charge in [0.25, 0.3) is 0 Å². The molecular formula is C16H23ClN2O2. The zero-order chi connectivity index (χ0) is 15.2. The molecule has 4 nitrogen and oxygen atoms in total. The van der Waals surface area contributed by atoms with Crippen LogP contribution < -0.4 is 10.1 Å². The smallest absolute Gasteiger partial charge is 0.241 e. The number of benzene rings is 1. The van der Waals surface area contributed by atoms with Crippen LogP contribution in [-0.2, 0) is 4.79 Å². The van der Waals surface area contributed by atoms with Gasteiger partial charge in [-0.1, -0.05) is 24.4 Å². The number of halogens is 1. The number of likely N-dealkylation sites (tertiary alicyclic amines) is 1. The highest BCUT2D eigenvalue weighted by Crippen LogP contribution is 2.28. The normalized spacial score (nSPS) is 17.9. The number of methoxy groups -OCH3 is 1. The molecule has 1 aliphatic rings. The highest BCUT2D eigenvalue weighted by Gasteiger charge is 2.22. The summed E-state index contributed by atoms with van der Waals surface area (Å²) in [6.45, 7) is 3.93. The molecule has 1 heterocycles. The molecule has 0 spiro atoms. The van der Waals surface area contributed by atoms with E-state index in [-0.39, 0.29) is 11.9 Å². The van der Waals surface area contributed by atoms with Gasteiger partial charge in [0.05, 0.1) is 18.8 Å². The Bertz CT molecular complexity index is 485. The summed E-state index contributed by atoms with van der Waals surface area (Å²) in [5.74, 6) is 0.605. The molecule has 0 aromatic heterocycles. The van der Waals surface area contributed by atoms with Crippen molar-refractivity contribution in [2.24, 2.45) is 0 Å². The van der Waals surface area contributed by atoms with Crippen molar-refractivity contribution in [2.75, 3.05) is 25.5 Å². The minimum absolute atomic E-state index is 0.0162. The second-order valence-electron chi connectivity index (χ2n) is 5.46. The first kappa shape index (κ1) is 16.1. The van der Waals surface area contributed by atoms with Gasteiger partial charge in [0.2, 0.25) is 5.91 Å². The molecular weight excluding hydrogens is 288 g/mol. The molecule has 0 saturated carbocycles. The lowest BCUT2D eigenvalue weighted by molar-refractivity contribution is -0.120. The highest BCUT2D eigenvalue weighted by molar-refractivity contribution is 6.31. The number of amides is 1. The van der Waals surface area contributed by atoms with Gasteiger partial charge in [0.15, 0.2) is 0 Å². The van der Waals surface area contributed by atoms with E-state index in [1.54, 1.807) is 25.3 Å². The molecule has 1 aliphatic heterocycles. The predicted molar refractivity (Wildman–Crippen MR) is 86.1 cm³/mol. The summed E-state index contributed by atoms with van der Waals surface area (Å²) in [6.07, 6.45) is 4.84. The number of nitrogens with one attached hydrogen (secondary N) is 1. The van der Waals surface area contributed by atoms with Crippen molar-refractivity contribution in [1.29, 1.82) is 0 Å². The molecule has 1 aromatic carbocycles. The van der Waals surface area contributed by atoms with E-state index < -0.39 is 0 Å². The Morgan fingerprint density at radius 1 is 1.29 bits per heavy atom. The molecule has 21 heavy (non-hydrogen) atoms. The summed E-state index contributed by atoms with van der Waals surface area (Å²) in [4.78, 5) is 14.7. The zero-order valence-electron chi connectivity index (χ0n) is 12.7. The van der Waals surface area contributed by atoms with Crippen LogP contribution in [-0.4, -0.2) is 37.0 Å². The zero-order valence-corrected chi connectivity index (χ0v) is 13.4. The van der Waals surface area contributed by atoms with Crippen LogP contribution in [0.3, 0.4) is 0 Å². The molecule has 1 amide bonds. The molecule has 1 aromatic rings. The molecule has 1 unspecified atom stereocenters. The Balaban J connectivity index is 2.04. The van der Waals surface area contributed by atoms with E-state index >= 15 is 0 Å². The maximum atomic E-state index is 12.5. The van der Waals surface area contributed by atoms with Crippen molar-refractivity contribution in [2.45, 2.75) is 38.6 Å². The third-order valence-electron chi connectivity index (χ3n) is 3.99. The number of ether oxygens (including phenoxy) is 1. The van der Waals surface area contributed by atoms with Crippen LogP contribution >= 0.6 is 11.6 Å². The molecule has 1 atom stereocenters. The minimum Gasteiger partial charge on any atom is -0.495 e. The Kier molecular flexibility index (Phi) is 5.88. The van der Waals surface area contributed by atoms with E-state index in [0.29, 0.717) is 16.5 Å². The van der Waals surface area contributed by atoms with E-state index in [9.17, 15) is 4.79 Å². The summed E-state index contributed by atoms with van der Waals surface area (Å²) < 4.78 is 5.26. The van der Waals surface area contributed by atoms with Gasteiger partial charge in [-0.3, -0.25) is 9.69 Å². The monoisotopic (exact) mass is 310 g/mol. The predicted octanol–water partition coefficient (Wildman–Crippen LogP) is 3.55. The lowest BCUT2D eigenvalue weighted by Gasteiger charge is -2.26. The number of hydrogen-bond donors (Lipinski definition) is 1. The number of rotatable bonds is 4. The summed E-state index contributed by atoms with van der Waals surface area (Å²) in [5, 5.41) is 3.51. The van der Waals surface area contributed by atoms with Crippen LogP contribution in [0.25, 0.3) is 0 Å². The van der Waals surface area contributed by atoms with Crippen molar-refractivity contribution >= 4 is 23.2 Å². The molecule has 0 radical (unpaired) electrons. The second-order valence-corrected chi connectivity index (χ2v) is 5.90. The molecule has 0 aliphatic carbocycles. The molecule has 1 fully saturated rings. The molecule has 1 N–H and O–H groups in total. The first-order valence-electron chi connectivity index (χ1n) is 7.50. The van der Waals surface area contributed by atoms with Crippen LogP contribution in [0, 0.1) is 0 Å². The summed E-state index contributed by atoms with van der Waals surface area (Å²) >= 11 is 5.99. The fourth-order valence-corrected chi connectivity index (χ4v) is 2.84. The average Bonchev–Trinajstić information content (AvgIpc) is 2.75. The Hall–Kier alpha value is -1.26. The fraction of sp³-hybridized carbons (Fsp3) is 0.562. The standard InChI is InChI=1S/C16H23ClN2O2/c1-12(19-9-5-3-4-6-10-19)16(20)18-14-11-13(17)7-8-15(14)21-2/h7-8,11-12H,3-6,9-10H2,1-2H3,(H,18,20). The van der Waals surface area contributed by atoms with Crippen molar-refractivity contribution < 1.29 is 9.53 Å². The minimum atomic E-state index is -0.146. The van der Waals surface area contributed by atoms with Gasteiger partial charge in [0.1, 0.15) is 5.75 Å². The molecule has 1 saturated heterocycles. The van der Waals surface area contributed by atoms with Crippen LogP contribution in [0.4, 0.5) is 5.69 Å². The van der Waals surface area contributed by atoms with Crippen LogP contribution in [0.15, 0.2) is 18.2 Å². The molecule has 5 heteroatoms. The number of carbonyl (C=O) groups excluding carboxylic acids is 1. The average molecular weight is 311 g/mol. The quantitative estimate of drug-likeness (QED) is 0.924. The van der Waals surface area contributed by atoms with Gasteiger partial charge in [-0.25, -0.2) is 0 Å². The second kappa shape index (κ2) is 7.66. The van der Waals surface area contributed by atoms with Crippen molar-refractivity contribution in [1.82, 2.24) is 4.90 Å². The number of hydrogen-bond acceptors (Lipinski definition) is 3. The van der Waals surface area contributed by atoms with E-state index in [0.717, 1.165) is 25.9 Å². The number of anilines is 1. The summed E-state index contributed by atoms with van der Waals surface area (Å²) in [7, 11) is 1.58. The summed E-state index contributed by atoms with van der Waals surface area (Å²) in [5.41, 5.74) is 0.622. The Morgan fingerprint density at radius 2 is 1.95 bits per heavy atom. The third kappa shape index (κ3) is 4.35. The number of carbonyl (C=O) groups is 1. The maximum absolute atomic E-state index is 12.5. The van der Waals surface area contributed by atoms with Gasteiger partial charge in [-0.15, -0.1) is 0 Å². The molecule has 116 valence electrons. The van der Waals surface area contributed by atoms with Crippen LogP contribution in [0.1, 0.15) is 32.6 Å². The van der Waals surface area contributed by atoms with Crippen LogP contribution in [0.2, 0.25) is 5.02 Å². The Morgan fingerprint density at radius 3 is 2.57 bits per heavy atom. The van der Waals surface area contributed by atoms with E-state index in [2.05, 4.69) is 10.2 Å². The van der Waals surface area contributed by atoms with Crippen molar-refractivity contribution in [3.8, 4) is 5.75 Å². The molecule has 2 rings (SSSR count). The van der Waals surface area contributed by atoms with Crippen LogP contribution in [0.5, 0.6) is 5.75 Å². The van der Waals surface area contributed by atoms with Crippen molar-refractivity contribution in [3.63, 3.8) is 0 Å². The Labute approximate surface area is 131 Å². The molecule has 0 bridgehead atoms. The van der Waals surface area contributed by atoms with E-state index in [4.69, 9.17) is 16.3 Å². The first-order chi connectivity index (χ1) is 10.1. The fourth-order valence-electron chi connectivity index (χ4n) is 2.66. The topological polar surface area (TPSA) is 41.6 Å². The lowest BCUT2D eigenvalue weighted by Crippen LogP contribution is -2.42. The number of nitrogens with zero attached hydrogens (tertiary/aromatic N) is 1. The van der Waals surface area contributed by atoms with Crippen molar-refractivity contribution in [3.05, 3.63) is 23.2 Å². The van der Waals surface area contributed by atoms with Gasteiger partial charge >= 0.3 is 0 Å². The largest absolute Gasteiger partial charge is 0.495 e. The first-order valence-corrected chi connectivity index (χ1v) is 7.88. The van der Waals surface area contributed by atoms with Gasteiger partial charge in [-0.2, -0.15) is 0 Å².